The molecule has 1 aliphatic carbocycles. The number of esters is 2. The molecule has 0 aromatic heterocycles. The average Bonchev–Trinajstić information content (AvgIpc) is 3.38. The smallest absolute Gasteiger partial charge is 0.326 e. The minimum atomic E-state index is -0.834. The highest BCUT2D eigenvalue weighted by Gasteiger charge is 2.54. The van der Waals surface area contributed by atoms with Crippen molar-refractivity contribution < 1.29 is 24.0 Å². The van der Waals surface area contributed by atoms with Gasteiger partial charge in [0.1, 0.15) is 23.8 Å². The first-order chi connectivity index (χ1) is 13.4. The van der Waals surface area contributed by atoms with Gasteiger partial charge in [-0.3, -0.25) is 25.0 Å². The molecule has 2 rings (SSSR count). The number of nitrogens with one attached hydrogen (secondary N) is 1. The van der Waals surface area contributed by atoms with E-state index in [1.807, 2.05) is 34.6 Å². The predicted octanol–water partition coefficient (Wildman–Crippen LogP) is 3.52. The maximum Gasteiger partial charge on any atom is 0.326 e. The molecule has 8 nitrogen and oxygen atoms in total. The molecule has 0 spiro atoms. The number of nitro benzene ring substituents is 1. The minimum Gasteiger partial charge on any atom is -0.460 e. The minimum absolute atomic E-state index is 0.00649. The second-order valence-electron chi connectivity index (χ2n) is 8.94. The molecule has 1 fully saturated rings. The monoisotopic (exact) mass is 406 g/mol. The van der Waals surface area contributed by atoms with Crippen molar-refractivity contribution in [3.05, 3.63) is 39.9 Å². The molecule has 0 unspecified atom stereocenters. The molecule has 1 N–H and O–H groups in total. The molecule has 0 amide bonds. The lowest BCUT2D eigenvalue weighted by molar-refractivity contribution is -0.384. The van der Waals surface area contributed by atoms with Gasteiger partial charge in [0.2, 0.25) is 0 Å². The van der Waals surface area contributed by atoms with Crippen LogP contribution in [0.25, 0.3) is 0 Å². The Kier molecular flexibility index (Phi) is 7.00. The predicted molar refractivity (Wildman–Crippen MR) is 107 cm³/mol. The summed E-state index contributed by atoms with van der Waals surface area (Å²) in [6.45, 7) is 9.42. The van der Waals surface area contributed by atoms with Crippen molar-refractivity contribution in [2.75, 3.05) is 0 Å². The van der Waals surface area contributed by atoms with Crippen LogP contribution >= 0.6 is 0 Å². The van der Waals surface area contributed by atoms with E-state index in [-0.39, 0.29) is 24.2 Å². The first-order valence-electron chi connectivity index (χ1n) is 9.83. The molecule has 0 radical (unpaired) electrons. The average molecular weight is 406 g/mol. The molecule has 0 saturated heterocycles. The number of non-ortho nitro benzene ring substituents is 1. The van der Waals surface area contributed by atoms with Crippen LogP contribution in [-0.4, -0.2) is 34.0 Å². The third kappa shape index (κ3) is 6.81. The first-order valence-corrected chi connectivity index (χ1v) is 9.83. The van der Waals surface area contributed by atoms with E-state index in [4.69, 9.17) is 9.47 Å². The summed E-state index contributed by atoms with van der Waals surface area (Å²) in [7, 11) is 0. The number of ether oxygens (including phenoxy) is 2. The van der Waals surface area contributed by atoms with E-state index in [2.05, 4.69) is 5.32 Å². The fraction of sp³-hybridized carbons (Fsp3) is 0.619. The molecular formula is C21H30N2O6. The second kappa shape index (κ2) is 8.90. The van der Waals surface area contributed by atoms with Crippen LogP contribution in [0.5, 0.6) is 0 Å². The Labute approximate surface area is 171 Å². The van der Waals surface area contributed by atoms with E-state index in [9.17, 15) is 19.7 Å². The fourth-order valence-electron chi connectivity index (χ4n) is 2.90. The summed E-state index contributed by atoms with van der Waals surface area (Å²) in [5.74, 6) is -0.581. The lowest BCUT2D eigenvalue weighted by Gasteiger charge is -2.28. The van der Waals surface area contributed by atoms with Crippen molar-refractivity contribution >= 4 is 17.6 Å². The van der Waals surface area contributed by atoms with E-state index in [1.165, 1.54) is 12.1 Å². The highest BCUT2D eigenvalue weighted by Crippen LogP contribution is 2.39. The Balaban J connectivity index is 2.00. The van der Waals surface area contributed by atoms with Crippen LogP contribution in [0.1, 0.15) is 59.4 Å². The van der Waals surface area contributed by atoms with Gasteiger partial charge in [-0.05, 0) is 63.6 Å². The van der Waals surface area contributed by atoms with Gasteiger partial charge >= 0.3 is 11.9 Å². The summed E-state index contributed by atoms with van der Waals surface area (Å²) < 4.78 is 10.9. The third-order valence-electron chi connectivity index (χ3n) is 4.51. The van der Waals surface area contributed by atoms with Crippen molar-refractivity contribution in [3.8, 4) is 0 Å². The second-order valence-corrected chi connectivity index (χ2v) is 8.94. The molecule has 8 heteroatoms. The molecule has 0 aliphatic heterocycles. The summed E-state index contributed by atoms with van der Waals surface area (Å²) in [6.07, 6.45) is 1.75. The summed E-state index contributed by atoms with van der Waals surface area (Å²) in [5.41, 5.74) is -0.801. The van der Waals surface area contributed by atoms with Crippen molar-refractivity contribution in [1.29, 1.82) is 0 Å². The van der Waals surface area contributed by atoms with Crippen LogP contribution in [0.4, 0.5) is 5.69 Å². The topological polar surface area (TPSA) is 108 Å². The van der Waals surface area contributed by atoms with Gasteiger partial charge in [0.25, 0.3) is 5.69 Å². The highest BCUT2D eigenvalue weighted by molar-refractivity contribution is 5.86. The Morgan fingerprint density at radius 3 is 2.24 bits per heavy atom. The van der Waals surface area contributed by atoms with E-state index < -0.39 is 28.1 Å². The zero-order chi connectivity index (χ0) is 21.8. The van der Waals surface area contributed by atoms with Crippen LogP contribution < -0.4 is 5.32 Å². The Morgan fingerprint density at radius 2 is 1.79 bits per heavy atom. The first kappa shape index (κ1) is 22.8. The number of hydrogen-bond donors (Lipinski definition) is 1. The largest absolute Gasteiger partial charge is 0.460 e. The van der Waals surface area contributed by atoms with Crippen molar-refractivity contribution in [1.82, 2.24) is 5.32 Å². The molecule has 0 heterocycles. The summed E-state index contributed by atoms with van der Waals surface area (Å²) >= 11 is 0. The zero-order valence-corrected chi connectivity index (χ0v) is 17.7. The fourth-order valence-corrected chi connectivity index (χ4v) is 2.90. The molecule has 160 valence electrons. The third-order valence-corrected chi connectivity index (χ3v) is 4.51. The number of carbonyl (C=O) groups excluding carboxylic acids is 2. The number of rotatable bonds is 9. The van der Waals surface area contributed by atoms with Crippen LogP contribution in [0, 0.1) is 16.0 Å². The quantitative estimate of drug-likeness (QED) is 0.380. The number of nitro groups is 1. The van der Waals surface area contributed by atoms with E-state index >= 15 is 0 Å². The molecule has 1 aromatic rings. The van der Waals surface area contributed by atoms with Crippen LogP contribution in [0.15, 0.2) is 24.3 Å². The van der Waals surface area contributed by atoms with Gasteiger partial charge in [0.05, 0.1) is 4.92 Å². The highest BCUT2D eigenvalue weighted by atomic mass is 16.6. The van der Waals surface area contributed by atoms with E-state index in [0.29, 0.717) is 24.8 Å². The van der Waals surface area contributed by atoms with Gasteiger partial charge in [-0.1, -0.05) is 13.8 Å². The Morgan fingerprint density at radius 1 is 1.21 bits per heavy atom. The van der Waals surface area contributed by atoms with Gasteiger partial charge in [-0.15, -0.1) is 0 Å². The number of carbonyl (C=O) groups is 2. The molecule has 0 bridgehead atoms. The maximum atomic E-state index is 12.7. The number of nitrogens with zero attached hydrogens (tertiary/aromatic N) is 1. The van der Waals surface area contributed by atoms with Crippen LogP contribution in [0.2, 0.25) is 0 Å². The number of hydrogen-bond acceptors (Lipinski definition) is 7. The van der Waals surface area contributed by atoms with Crippen LogP contribution in [-0.2, 0) is 25.7 Å². The van der Waals surface area contributed by atoms with Crippen molar-refractivity contribution in [3.63, 3.8) is 0 Å². The van der Waals surface area contributed by atoms with Gasteiger partial charge in [0.15, 0.2) is 0 Å². The zero-order valence-electron chi connectivity index (χ0n) is 17.7. The van der Waals surface area contributed by atoms with E-state index in [0.717, 1.165) is 0 Å². The van der Waals surface area contributed by atoms with Crippen molar-refractivity contribution in [2.45, 2.75) is 77.7 Å². The summed E-state index contributed by atoms with van der Waals surface area (Å²) in [6, 6.07) is 5.21. The lowest BCUT2D eigenvalue weighted by Crippen LogP contribution is -2.51. The molecule has 1 saturated carbocycles. The normalized spacial score (nSPS) is 16.2. The van der Waals surface area contributed by atoms with E-state index in [1.54, 1.807) is 12.1 Å². The molecule has 1 atom stereocenters. The lowest BCUT2D eigenvalue weighted by atomic mass is 10.0. The van der Waals surface area contributed by atoms with Gasteiger partial charge < -0.3 is 9.47 Å². The molecule has 29 heavy (non-hydrogen) atoms. The standard InChI is InChI=1S/C21H30N2O6/c1-14(2)12-17(22-21(10-11-21)19(25)29-20(3,4)5)18(24)28-13-15-6-8-16(9-7-15)23(26)27/h6-9,14,17,22H,10-13H2,1-5H3/t17-/m0/s1. The Bertz CT molecular complexity index is 747. The summed E-state index contributed by atoms with van der Waals surface area (Å²) in [4.78, 5) is 35.5. The molecule has 1 aromatic carbocycles. The molecule has 1 aliphatic rings. The van der Waals surface area contributed by atoms with Crippen molar-refractivity contribution in [2.24, 2.45) is 5.92 Å². The SMILES string of the molecule is CC(C)C[C@H](NC1(C(=O)OC(C)(C)C)CC1)C(=O)OCc1ccc([N+](=O)[O-])cc1. The number of benzene rings is 1. The van der Waals surface area contributed by atoms with Gasteiger partial charge in [0, 0.05) is 12.1 Å². The van der Waals surface area contributed by atoms with Crippen LogP contribution in [0.3, 0.4) is 0 Å². The maximum absolute atomic E-state index is 12.7. The van der Waals surface area contributed by atoms with Gasteiger partial charge in [-0.2, -0.15) is 0 Å². The Hall–Kier alpha value is -2.48. The molecular weight excluding hydrogens is 376 g/mol. The summed E-state index contributed by atoms with van der Waals surface area (Å²) in [5, 5.41) is 13.9. The van der Waals surface area contributed by atoms with Gasteiger partial charge in [-0.25, -0.2) is 0 Å².